The molecule has 0 heterocycles. The molecule has 0 aliphatic heterocycles. The zero-order chi connectivity index (χ0) is 15.1. The smallest absolute Gasteiger partial charge is 0.0643 e. The molecule has 1 N–H and O–H groups in total. The molecule has 21 heavy (non-hydrogen) atoms. The van der Waals surface area contributed by atoms with Crippen LogP contribution in [-0.4, -0.2) is 46.6 Å². The lowest BCUT2D eigenvalue weighted by Crippen LogP contribution is -2.31. The maximum Gasteiger partial charge on any atom is 0.0643 e. The van der Waals surface area contributed by atoms with Gasteiger partial charge in [-0.3, -0.25) is 0 Å². The average molecular weight is 313 g/mol. The maximum atomic E-state index is 6.48. The van der Waals surface area contributed by atoms with Gasteiger partial charge in [0.25, 0.3) is 0 Å². The van der Waals surface area contributed by atoms with Crippen molar-refractivity contribution in [3.05, 3.63) is 28.8 Å². The summed E-state index contributed by atoms with van der Waals surface area (Å²) in [4.78, 5) is 2.40. The first-order chi connectivity index (χ1) is 10.3. The van der Waals surface area contributed by atoms with Crippen molar-refractivity contribution in [2.75, 3.05) is 45.4 Å². The number of nitrogens with one attached hydrogen (secondary N) is 1. The van der Waals surface area contributed by atoms with E-state index >= 15 is 0 Å². The molecule has 118 valence electrons. The Balaban J connectivity index is 2.10. The number of nitrogens with zero attached hydrogens (tertiary/aromatic N) is 1. The fraction of sp³-hybridized carbons (Fsp3) is 0.625. The molecule has 1 aromatic carbocycles. The number of hydrogen-bond donors (Lipinski definition) is 1. The molecule has 1 aliphatic rings. The maximum absolute atomic E-state index is 6.48. The summed E-state index contributed by atoms with van der Waals surface area (Å²) in [6.07, 6.45) is 2.48. The van der Waals surface area contributed by atoms with Gasteiger partial charge < -0.3 is 19.7 Å². The lowest BCUT2D eigenvalue weighted by atomic mass is 10.1. The number of rotatable bonds is 10. The molecule has 0 spiro atoms. The second-order valence-corrected chi connectivity index (χ2v) is 5.74. The standard InChI is InChI=1S/C16H25ClN2O2/c1-20-10-8-18-12-13-4-3-5-15(17)16(13)19(9-11-21-2)14-6-7-14/h3-5,14,18H,6-12H2,1-2H3. The summed E-state index contributed by atoms with van der Waals surface area (Å²) in [5.41, 5.74) is 2.39. The molecule has 0 aromatic heterocycles. The van der Waals surface area contributed by atoms with E-state index in [1.54, 1.807) is 14.2 Å². The van der Waals surface area contributed by atoms with Crippen molar-refractivity contribution < 1.29 is 9.47 Å². The van der Waals surface area contributed by atoms with E-state index in [9.17, 15) is 0 Å². The molecular formula is C16H25ClN2O2. The second kappa shape index (κ2) is 8.59. The summed E-state index contributed by atoms with van der Waals surface area (Å²) in [7, 11) is 3.46. The van der Waals surface area contributed by atoms with Crippen LogP contribution in [0, 0.1) is 0 Å². The fourth-order valence-corrected chi connectivity index (χ4v) is 2.78. The van der Waals surface area contributed by atoms with Gasteiger partial charge in [-0.05, 0) is 24.5 Å². The Bertz CT molecular complexity index is 438. The van der Waals surface area contributed by atoms with E-state index in [-0.39, 0.29) is 0 Å². The Labute approximate surface area is 132 Å². The number of halogens is 1. The lowest BCUT2D eigenvalue weighted by molar-refractivity contribution is 0.199. The van der Waals surface area contributed by atoms with E-state index in [2.05, 4.69) is 16.3 Å². The third-order valence-corrected chi connectivity index (χ3v) is 3.98. The minimum atomic E-state index is 0.609. The van der Waals surface area contributed by atoms with Crippen LogP contribution in [0.4, 0.5) is 5.69 Å². The van der Waals surface area contributed by atoms with Crippen LogP contribution < -0.4 is 10.2 Å². The van der Waals surface area contributed by atoms with Gasteiger partial charge in [0.2, 0.25) is 0 Å². The predicted octanol–water partition coefficient (Wildman–Crippen LogP) is 2.69. The fourth-order valence-electron chi connectivity index (χ4n) is 2.47. The molecule has 1 aromatic rings. The van der Waals surface area contributed by atoms with Crippen molar-refractivity contribution in [2.24, 2.45) is 0 Å². The summed E-state index contributed by atoms with van der Waals surface area (Å²) in [6, 6.07) is 6.74. The summed E-state index contributed by atoms with van der Waals surface area (Å²) in [5, 5.41) is 4.22. The second-order valence-electron chi connectivity index (χ2n) is 5.33. The molecule has 0 atom stereocenters. The molecule has 4 nitrogen and oxygen atoms in total. The van der Waals surface area contributed by atoms with Gasteiger partial charge in [-0.15, -0.1) is 0 Å². The molecule has 0 bridgehead atoms. The number of para-hydroxylation sites is 1. The third kappa shape index (κ3) is 4.85. The van der Waals surface area contributed by atoms with Gasteiger partial charge in [0.1, 0.15) is 0 Å². The van der Waals surface area contributed by atoms with Crippen LogP contribution in [0.2, 0.25) is 5.02 Å². The molecule has 1 aliphatic carbocycles. The van der Waals surface area contributed by atoms with Crippen LogP contribution in [0.25, 0.3) is 0 Å². The Hall–Kier alpha value is -0.810. The summed E-state index contributed by atoms with van der Waals surface area (Å²) < 4.78 is 10.3. The van der Waals surface area contributed by atoms with Crippen LogP contribution in [0.3, 0.4) is 0 Å². The van der Waals surface area contributed by atoms with Crippen molar-refractivity contribution in [1.29, 1.82) is 0 Å². The SMILES string of the molecule is COCCNCc1cccc(Cl)c1N(CCOC)C1CC1. The normalized spacial score (nSPS) is 14.4. The van der Waals surface area contributed by atoms with E-state index in [0.717, 1.165) is 37.0 Å². The number of ether oxygens (including phenoxy) is 2. The molecule has 1 fully saturated rings. The monoisotopic (exact) mass is 312 g/mol. The van der Waals surface area contributed by atoms with Crippen molar-refractivity contribution >= 4 is 17.3 Å². The van der Waals surface area contributed by atoms with Crippen LogP contribution in [0.1, 0.15) is 18.4 Å². The van der Waals surface area contributed by atoms with E-state index in [4.69, 9.17) is 21.1 Å². The van der Waals surface area contributed by atoms with E-state index in [0.29, 0.717) is 12.6 Å². The number of benzene rings is 1. The first-order valence-corrected chi connectivity index (χ1v) is 7.88. The Morgan fingerprint density at radius 3 is 2.67 bits per heavy atom. The van der Waals surface area contributed by atoms with Gasteiger partial charge in [-0.1, -0.05) is 23.7 Å². The highest BCUT2D eigenvalue weighted by atomic mass is 35.5. The number of anilines is 1. The van der Waals surface area contributed by atoms with Gasteiger partial charge in [-0.25, -0.2) is 0 Å². The van der Waals surface area contributed by atoms with Gasteiger partial charge in [0, 0.05) is 39.9 Å². The highest BCUT2D eigenvalue weighted by Gasteiger charge is 2.31. The van der Waals surface area contributed by atoms with Crippen molar-refractivity contribution in [3.8, 4) is 0 Å². The molecule has 0 saturated heterocycles. The minimum Gasteiger partial charge on any atom is -0.383 e. The zero-order valence-corrected chi connectivity index (χ0v) is 13.7. The molecule has 5 heteroatoms. The lowest BCUT2D eigenvalue weighted by Gasteiger charge is -2.28. The van der Waals surface area contributed by atoms with Gasteiger partial charge in [-0.2, -0.15) is 0 Å². The minimum absolute atomic E-state index is 0.609. The Morgan fingerprint density at radius 2 is 2.00 bits per heavy atom. The quantitative estimate of drug-likeness (QED) is 0.674. The Morgan fingerprint density at radius 1 is 1.24 bits per heavy atom. The Kier molecular flexibility index (Phi) is 6.77. The highest BCUT2D eigenvalue weighted by Crippen LogP contribution is 2.37. The van der Waals surface area contributed by atoms with Gasteiger partial charge >= 0.3 is 0 Å². The van der Waals surface area contributed by atoms with Crippen LogP contribution in [0.15, 0.2) is 18.2 Å². The largest absolute Gasteiger partial charge is 0.383 e. The first-order valence-electron chi connectivity index (χ1n) is 7.50. The van der Waals surface area contributed by atoms with Crippen molar-refractivity contribution in [3.63, 3.8) is 0 Å². The average Bonchev–Trinajstić information content (AvgIpc) is 3.31. The summed E-state index contributed by atoms with van der Waals surface area (Å²) in [5.74, 6) is 0. The third-order valence-electron chi connectivity index (χ3n) is 3.68. The number of methoxy groups -OCH3 is 2. The van der Waals surface area contributed by atoms with Crippen LogP contribution in [-0.2, 0) is 16.0 Å². The predicted molar refractivity (Wildman–Crippen MR) is 87.3 cm³/mol. The molecule has 0 radical (unpaired) electrons. The first kappa shape index (κ1) is 16.6. The molecule has 2 rings (SSSR count). The molecule has 0 amide bonds. The molecule has 0 unspecified atom stereocenters. The van der Waals surface area contributed by atoms with Gasteiger partial charge in [0.15, 0.2) is 0 Å². The topological polar surface area (TPSA) is 33.7 Å². The van der Waals surface area contributed by atoms with E-state index in [1.165, 1.54) is 18.4 Å². The number of hydrogen-bond acceptors (Lipinski definition) is 4. The van der Waals surface area contributed by atoms with Gasteiger partial charge in [0.05, 0.1) is 23.9 Å². The van der Waals surface area contributed by atoms with Crippen LogP contribution >= 0.6 is 11.6 Å². The van der Waals surface area contributed by atoms with E-state index in [1.807, 2.05) is 12.1 Å². The summed E-state index contributed by atoms with van der Waals surface area (Å²) >= 11 is 6.48. The highest BCUT2D eigenvalue weighted by molar-refractivity contribution is 6.33. The zero-order valence-electron chi connectivity index (χ0n) is 12.9. The van der Waals surface area contributed by atoms with Crippen LogP contribution in [0.5, 0.6) is 0 Å². The summed E-state index contributed by atoms with van der Waals surface area (Å²) in [6.45, 7) is 3.96. The van der Waals surface area contributed by atoms with E-state index < -0.39 is 0 Å². The molecular weight excluding hydrogens is 288 g/mol. The van der Waals surface area contributed by atoms with Crippen molar-refractivity contribution in [1.82, 2.24) is 5.32 Å². The molecule has 1 saturated carbocycles. The van der Waals surface area contributed by atoms with Crippen molar-refractivity contribution in [2.45, 2.75) is 25.4 Å².